The van der Waals surface area contributed by atoms with E-state index in [2.05, 4.69) is 5.32 Å². The maximum Gasteiger partial charge on any atom is 0.272 e. The first-order valence-corrected chi connectivity index (χ1v) is 6.07. The zero-order valence-electron chi connectivity index (χ0n) is 10.9. The van der Waals surface area contributed by atoms with E-state index < -0.39 is 0 Å². The molecule has 0 fully saturated rings. The van der Waals surface area contributed by atoms with Crippen molar-refractivity contribution in [3.63, 3.8) is 0 Å². The molecule has 1 N–H and O–H groups in total. The Hall–Kier alpha value is -2.14. The molecule has 0 saturated heterocycles. The van der Waals surface area contributed by atoms with E-state index in [0.29, 0.717) is 12.0 Å². The van der Waals surface area contributed by atoms with Crippen LogP contribution in [0.15, 0.2) is 41.0 Å². The van der Waals surface area contributed by atoms with E-state index in [9.17, 15) is 10.1 Å². The average Bonchev–Trinajstić information content (AvgIpc) is 2.82. The molecule has 100 valence electrons. The first-order chi connectivity index (χ1) is 9.13. The van der Waals surface area contributed by atoms with Crippen LogP contribution in [0, 0.1) is 17.0 Å². The highest BCUT2D eigenvalue weighted by Crippen LogP contribution is 2.26. The van der Waals surface area contributed by atoms with E-state index >= 15 is 0 Å². The highest BCUT2D eigenvalue weighted by atomic mass is 16.6. The van der Waals surface area contributed by atoms with Gasteiger partial charge in [-0.2, -0.15) is 0 Å². The number of benzene rings is 1. The van der Waals surface area contributed by atoms with Gasteiger partial charge < -0.3 is 9.73 Å². The van der Waals surface area contributed by atoms with Crippen molar-refractivity contribution in [2.24, 2.45) is 0 Å². The van der Waals surface area contributed by atoms with Crippen LogP contribution in [0.5, 0.6) is 0 Å². The van der Waals surface area contributed by atoms with Crippen LogP contribution in [0.4, 0.5) is 5.69 Å². The Labute approximate surface area is 111 Å². The van der Waals surface area contributed by atoms with Gasteiger partial charge in [0.05, 0.1) is 17.2 Å². The van der Waals surface area contributed by atoms with Crippen LogP contribution < -0.4 is 5.32 Å². The van der Waals surface area contributed by atoms with Gasteiger partial charge >= 0.3 is 0 Å². The van der Waals surface area contributed by atoms with Crippen LogP contribution in [0.2, 0.25) is 0 Å². The van der Waals surface area contributed by atoms with Crippen molar-refractivity contribution < 1.29 is 9.34 Å². The molecule has 0 aliphatic carbocycles. The molecule has 0 aliphatic rings. The molecular formula is C14H16N2O3. The van der Waals surface area contributed by atoms with Gasteiger partial charge in [-0.25, -0.2) is 0 Å². The minimum atomic E-state index is -0.350. The first-order valence-electron chi connectivity index (χ1n) is 6.07. The maximum absolute atomic E-state index is 11.0. The highest BCUT2D eigenvalue weighted by Gasteiger charge is 2.20. The number of nitrogens with one attached hydrogen (secondary N) is 1. The molecule has 5 nitrogen and oxygen atoms in total. The molecule has 1 atom stereocenters. The van der Waals surface area contributed by atoms with Gasteiger partial charge in [0, 0.05) is 18.1 Å². The molecule has 0 radical (unpaired) electrons. The van der Waals surface area contributed by atoms with Crippen LogP contribution in [0.25, 0.3) is 0 Å². The fourth-order valence-corrected chi connectivity index (χ4v) is 2.15. The Morgan fingerprint density at radius 3 is 2.68 bits per heavy atom. The second kappa shape index (κ2) is 5.67. The summed E-state index contributed by atoms with van der Waals surface area (Å²) in [6, 6.07) is 8.60. The van der Waals surface area contributed by atoms with Gasteiger partial charge in [-0.05, 0) is 25.6 Å². The lowest BCUT2D eigenvalue weighted by molar-refractivity contribution is -0.385. The van der Waals surface area contributed by atoms with Crippen LogP contribution in [0.3, 0.4) is 0 Å². The summed E-state index contributed by atoms with van der Waals surface area (Å²) in [5.41, 5.74) is 1.88. The lowest BCUT2D eigenvalue weighted by Crippen LogP contribution is -2.19. The largest absolute Gasteiger partial charge is 0.467 e. The lowest BCUT2D eigenvalue weighted by atomic mass is 10.0. The molecule has 2 aromatic rings. The van der Waals surface area contributed by atoms with E-state index in [1.165, 1.54) is 6.07 Å². The van der Waals surface area contributed by atoms with Crippen molar-refractivity contribution in [2.75, 3.05) is 7.05 Å². The second-order valence-electron chi connectivity index (χ2n) is 4.40. The van der Waals surface area contributed by atoms with Crippen LogP contribution >= 0.6 is 0 Å². The number of nitro groups is 1. The van der Waals surface area contributed by atoms with Crippen molar-refractivity contribution in [1.29, 1.82) is 0 Å². The molecule has 1 unspecified atom stereocenters. The molecule has 0 amide bonds. The Balaban J connectivity index is 2.29. The quantitative estimate of drug-likeness (QED) is 0.662. The Kier molecular flexibility index (Phi) is 3.97. The summed E-state index contributed by atoms with van der Waals surface area (Å²) >= 11 is 0. The van der Waals surface area contributed by atoms with E-state index in [1.807, 2.05) is 26.1 Å². The standard InChI is InChI=1S/C14H16N2O3/c1-10-7-8-19-14(10)12(15-2)9-11-5-3-4-6-13(11)16(17)18/h3-8,12,15H,9H2,1-2H3. The number of nitro benzene ring substituents is 1. The molecular weight excluding hydrogens is 244 g/mol. The summed E-state index contributed by atoms with van der Waals surface area (Å²) in [6.45, 7) is 1.96. The van der Waals surface area contributed by atoms with E-state index in [0.717, 1.165) is 11.3 Å². The van der Waals surface area contributed by atoms with Crippen LogP contribution in [-0.4, -0.2) is 12.0 Å². The van der Waals surface area contributed by atoms with E-state index in [4.69, 9.17) is 4.42 Å². The molecule has 0 bridgehead atoms. The molecule has 0 saturated carbocycles. The number of hydrogen-bond donors (Lipinski definition) is 1. The fraction of sp³-hybridized carbons (Fsp3) is 0.286. The number of aryl methyl sites for hydroxylation is 1. The summed E-state index contributed by atoms with van der Waals surface area (Å²) in [7, 11) is 1.82. The number of para-hydroxylation sites is 1. The Bertz CT molecular complexity index is 578. The number of nitrogens with zero attached hydrogens (tertiary/aromatic N) is 1. The van der Waals surface area contributed by atoms with E-state index in [-0.39, 0.29) is 16.7 Å². The Morgan fingerprint density at radius 1 is 1.37 bits per heavy atom. The first kappa shape index (κ1) is 13.3. The summed E-state index contributed by atoms with van der Waals surface area (Å²) in [5.74, 6) is 0.820. The third-order valence-electron chi connectivity index (χ3n) is 3.18. The zero-order chi connectivity index (χ0) is 13.8. The molecule has 0 aliphatic heterocycles. The van der Waals surface area contributed by atoms with Crippen molar-refractivity contribution in [3.8, 4) is 0 Å². The second-order valence-corrected chi connectivity index (χ2v) is 4.40. The van der Waals surface area contributed by atoms with Gasteiger partial charge in [0.15, 0.2) is 0 Å². The Morgan fingerprint density at radius 2 is 2.11 bits per heavy atom. The number of likely N-dealkylation sites (N-methyl/N-ethyl adjacent to an activating group) is 1. The van der Waals surface area contributed by atoms with Gasteiger partial charge in [-0.15, -0.1) is 0 Å². The zero-order valence-corrected chi connectivity index (χ0v) is 10.9. The molecule has 1 aromatic carbocycles. The predicted octanol–water partition coefficient (Wildman–Crippen LogP) is 3.00. The molecule has 1 aromatic heterocycles. The van der Waals surface area contributed by atoms with Crippen molar-refractivity contribution in [1.82, 2.24) is 5.32 Å². The van der Waals surface area contributed by atoms with Crippen molar-refractivity contribution in [2.45, 2.75) is 19.4 Å². The number of hydrogen-bond acceptors (Lipinski definition) is 4. The summed E-state index contributed by atoms with van der Waals surface area (Å²) in [4.78, 5) is 10.7. The monoisotopic (exact) mass is 260 g/mol. The molecule has 0 spiro atoms. The normalized spacial score (nSPS) is 12.3. The topological polar surface area (TPSA) is 68.3 Å². The minimum Gasteiger partial charge on any atom is -0.467 e. The van der Waals surface area contributed by atoms with Crippen LogP contribution in [0.1, 0.15) is 22.9 Å². The van der Waals surface area contributed by atoms with Gasteiger partial charge in [0.1, 0.15) is 5.76 Å². The molecule has 5 heteroatoms. The lowest BCUT2D eigenvalue weighted by Gasteiger charge is -2.14. The third-order valence-corrected chi connectivity index (χ3v) is 3.18. The average molecular weight is 260 g/mol. The highest BCUT2D eigenvalue weighted by molar-refractivity contribution is 5.41. The molecule has 1 heterocycles. The molecule has 2 rings (SSSR count). The van der Waals surface area contributed by atoms with Gasteiger partial charge in [-0.1, -0.05) is 18.2 Å². The summed E-state index contributed by atoms with van der Waals surface area (Å²) in [6.07, 6.45) is 2.15. The summed E-state index contributed by atoms with van der Waals surface area (Å²) in [5, 5.41) is 14.2. The molecule has 19 heavy (non-hydrogen) atoms. The predicted molar refractivity (Wildman–Crippen MR) is 72.0 cm³/mol. The van der Waals surface area contributed by atoms with Crippen LogP contribution in [-0.2, 0) is 6.42 Å². The van der Waals surface area contributed by atoms with Gasteiger partial charge in [0.2, 0.25) is 0 Å². The summed E-state index contributed by atoms with van der Waals surface area (Å²) < 4.78 is 5.46. The third kappa shape index (κ3) is 2.82. The van der Waals surface area contributed by atoms with Gasteiger partial charge in [0.25, 0.3) is 5.69 Å². The van der Waals surface area contributed by atoms with E-state index in [1.54, 1.807) is 18.4 Å². The smallest absolute Gasteiger partial charge is 0.272 e. The number of rotatable bonds is 5. The minimum absolute atomic E-state index is 0.0731. The SMILES string of the molecule is CNC(Cc1ccccc1[N+](=O)[O-])c1occc1C. The fourth-order valence-electron chi connectivity index (χ4n) is 2.15. The van der Waals surface area contributed by atoms with Gasteiger partial charge in [-0.3, -0.25) is 10.1 Å². The van der Waals surface area contributed by atoms with Crippen molar-refractivity contribution >= 4 is 5.69 Å². The maximum atomic E-state index is 11.0. The number of furan rings is 1. The van der Waals surface area contributed by atoms with Crippen molar-refractivity contribution in [3.05, 3.63) is 63.6 Å².